The van der Waals surface area contributed by atoms with Gasteiger partial charge in [-0.15, -0.1) is 5.10 Å². The number of aromatic nitrogens is 9. The van der Waals surface area contributed by atoms with Crippen molar-refractivity contribution in [2.45, 2.75) is 45.6 Å². The lowest BCUT2D eigenvalue weighted by molar-refractivity contribution is 0.380. The van der Waals surface area contributed by atoms with E-state index in [4.69, 9.17) is 19.7 Å². The number of hydrogen-bond donors (Lipinski definition) is 1. The lowest BCUT2D eigenvalue weighted by Gasteiger charge is -2.08. The Morgan fingerprint density at radius 3 is 2.70 bits per heavy atom. The summed E-state index contributed by atoms with van der Waals surface area (Å²) in [5.41, 5.74) is 3.69. The number of aryl methyl sites for hydroxylation is 2. The van der Waals surface area contributed by atoms with Gasteiger partial charge in [0.05, 0.1) is 5.69 Å². The Morgan fingerprint density at radius 1 is 1.15 bits per heavy atom. The van der Waals surface area contributed by atoms with Gasteiger partial charge in [0.25, 0.3) is 5.95 Å². The Bertz CT molecular complexity index is 1470. The van der Waals surface area contributed by atoms with Crippen LogP contribution in [-0.2, 0) is 7.05 Å². The van der Waals surface area contributed by atoms with Crippen LogP contribution >= 0.6 is 0 Å². The van der Waals surface area contributed by atoms with E-state index < -0.39 is 0 Å². The maximum Gasteiger partial charge on any atom is 0.269 e. The zero-order valence-electron chi connectivity index (χ0n) is 18.9. The van der Waals surface area contributed by atoms with Gasteiger partial charge in [-0.2, -0.15) is 10.1 Å². The molecular weight excluding hydrogens is 420 g/mol. The molecule has 33 heavy (non-hydrogen) atoms. The van der Waals surface area contributed by atoms with Gasteiger partial charge in [-0.05, 0) is 50.4 Å². The largest absolute Gasteiger partial charge is 0.337 e. The quantitative estimate of drug-likeness (QED) is 0.419. The second kappa shape index (κ2) is 7.26. The van der Waals surface area contributed by atoms with Crippen molar-refractivity contribution in [1.82, 2.24) is 44.1 Å². The molecule has 0 unspecified atom stereocenters. The van der Waals surface area contributed by atoms with Crippen LogP contribution in [0, 0.1) is 6.92 Å². The highest BCUT2D eigenvalue weighted by Crippen LogP contribution is 2.39. The Hall–Kier alpha value is -4.02. The first kappa shape index (κ1) is 19.6. The monoisotopic (exact) mass is 444 g/mol. The summed E-state index contributed by atoms with van der Waals surface area (Å²) in [7, 11) is 1.91. The first-order valence-corrected chi connectivity index (χ1v) is 11.0. The zero-order valence-corrected chi connectivity index (χ0v) is 18.9. The number of nitrogens with one attached hydrogen (secondary N) is 1. The third kappa shape index (κ3) is 3.36. The third-order valence-electron chi connectivity index (χ3n) is 5.92. The van der Waals surface area contributed by atoms with E-state index in [-0.39, 0.29) is 6.04 Å². The minimum Gasteiger partial charge on any atom is -0.337 e. The second-order valence-corrected chi connectivity index (χ2v) is 8.74. The highest BCUT2D eigenvalue weighted by atomic mass is 16.5. The van der Waals surface area contributed by atoms with Gasteiger partial charge < -0.3 is 14.4 Å². The number of imidazole rings is 1. The molecule has 11 nitrogen and oxygen atoms in total. The van der Waals surface area contributed by atoms with Crippen LogP contribution in [0.1, 0.15) is 50.1 Å². The molecule has 0 aromatic carbocycles. The predicted molar refractivity (Wildman–Crippen MR) is 121 cm³/mol. The Morgan fingerprint density at radius 2 is 2.00 bits per heavy atom. The van der Waals surface area contributed by atoms with Crippen molar-refractivity contribution >= 4 is 17.3 Å². The summed E-state index contributed by atoms with van der Waals surface area (Å²) in [5, 5.41) is 16.9. The summed E-state index contributed by atoms with van der Waals surface area (Å²) < 4.78 is 11.1. The topological polar surface area (TPSA) is 117 Å². The molecule has 0 amide bonds. The highest BCUT2D eigenvalue weighted by molar-refractivity contribution is 5.83. The Kier molecular flexibility index (Phi) is 4.32. The van der Waals surface area contributed by atoms with Gasteiger partial charge in [0, 0.05) is 49.4 Å². The van der Waals surface area contributed by atoms with Gasteiger partial charge in [0.15, 0.2) is 11.6 Å². The number of nitrogens with zero attached hydrogens (tertiary/aromatic N) is 9. The van der Waals surface area contributed by atoms with E-state index in [0.717, 1.165) is 35.2 Å². The van der Waals surface area contributed by atoms with Crippen LogP contribution in [0.25, 0.3) is 28.4 Å². The normalized spacial score (nSPS) is 14.0. The first-order valence-electron chi connectivity index (χ1n) is 11.0. The van der Waals surface area contributed by atoms with Crippen LogP contribution in [0.4, 0.5) is 11.8 Å². The number of hydrogen-bond acceptors (Lipinski definition) is 8. The molecular formula is C22H24N10O. The summed E-state index contributed by atoms with van der Waals surface area (Å²) in [6, 6.07) is 2.30. The molecule has 11 heteroatoms. The van der Waals surface area contributed by atoms with E-state index in [0.29, 0.717) is 35.2 Å². The van der Waals surface area contributed by atoms with Crippen molar-refractivity contribution in [3.05, 3.63) is 42.3 Å². The summed E-state index contributed by atoms with van der Waals surface area (Å²) >= 11 is 0. The molecule has 0 saturated heterocycles. The molecule has 0 atom stereocenters. The van der Waals surface area contributed by atoms with E-state index in [2.05, 4.69) is 34.3 Å². The van der Waals surface area contributed by atoms with Gasteiger partial charge in [-0.1, -0.05) is 0 Å². The van der Waals surface area contributed by atoms with E-state index in [1.807, 2.05) is 52.4 Å². The molecule has 6 rings (SSSR count). The van der Waals surface area contributed by atoms with Gasteiger partial charge >= 0.3 is 0 Å². The predicted octanol–water partition coefficient (Wildman–Crippen LogP) is 3.89. The maximum absolute atomic E-state index is 5.42. The molecule has 0 bridgehead atoms. The van der Waals surface area contributed by atoms with Crippen molar-refractivity contribution in [3.63, 3.8) is 0 Å². The van der Waals surface area contributed by atoms with Gasteiger partial charge in [0.1, 0.15) is 5.52 Å². The van der Waals surface area contributed by atoms with Crippen LogP contribution in [0.5, 0.6) is 0 Å². The minimum absolute atomic E-state index is 0.280. The molecule has 0 aliphatic heterocycles. The van der Waals surface area contributed by atoms with Crippen molar-refractivity contribution in [2.24, 2.45) is 7.05 Å². The van der Waals surface area contributed by atoms with E-state index in [1.54, 1.807) is 6.20 Å². The lowest BCUT2D eigenvalue weighted by Crippen LogP contribution is -2.06. The zero-order chi connectivity index (χ0) is 22.7. The Balaban J connectivity index is 1.50. The molecule has 0 radical (unpaired) electrons. The number of rotatable bonds is 6. The van der Waals surface area contributed by atoms with Gasteiger partial charge in [0.2, 0.25) is 11.7 Å². The summed E-state index contributed by atoms with van der Waals surface area (Å²) in [6.45, 7) is 6.25. The molecule has 1 aliphatic carbocycles. The molecule has 5 heterocycles. The SMILES string of the molecule is Cc1c(-c2ccn(C(C)C)n2)cn2nc(-c3nccn3C)nc(Nc3noc(C4CC4)n3)c12. The molecule has 1 N–H and O–H groups in total. The highest BCUT2D eigenvalue weighted by Gasteiger charge is 2.30. The fourth-order valence-corrected chi connectivity index (χ4v) is 3.91. The third-order valence-corrected chi connectivity index (χ3v) is 5.92. The van der Waals surface area contributed by atoms with Crippen LogP contribution in [0.2, 0.25) is 0 Å². The van der Waals surface area contributed by atoms with E-state index in [1.165, 1.54) is 0 Å². The van der Waals surface area contributed by atoms with Crippen LogP contribution < -0.4 is 5.32 Å². The van der Waals surface area contributed by atoms with E-state index >= 15 is 0 Å². The van der Waals surface area contributed by atoms with Crippen LogP contribution in [0.15, 0.2) is 35.4 Å². The molecule has 5 aromatic heterocycles. The number of fused-ring (bicyclic) bond motifs is 1. The average Bonchev–Trinajstić information content (AvgIpc) is 3.16. The summed E-state index contributed by atoms with van der Waals surface area (Å²) in [6.07, 6.45) is 9.73. The second-order valence-electron chi connectivity index (χ2n) is 8.74. The number of anilines is 2. The van der Waals surface area contributed by atoms with Crippen LogP contribution in [-0.4, -0.2) is 44.1 Å². The smallest absolute Gasteiger partial charge is 0.269 e. The van der Waals surface area contributed by atoms with Crippen molar-refractivity contribution in [2.75, 3.05) is 5.32 Å². The van der Waals surface area contributed by atoms with Crippen molar-refractivity contribution < 1.29 is 4.52 Å². The van der Waals surface area contributed by atoms with Crippen LogP contribution in [0.3, 0.4) is 0 Å². The van der Waals surface area contributed by atoms with Gasteiger partial charge in [-0.3, -0.25) is 4.68 Å². The lowest BCUT2D eigenvalue weighted by atomic mass is 10.1. The average molecular weight is 445 g/mol. The van der Waals surface area contributed by atoms with Gasteiger partial charge in [-0.25, -0.2) is 14.5 Å². The maximum atomic E-state index is 5.42. The molecule has 168 valence electrons. The minimum atomic E-state index is 0.280. The van der Waals surface area contributed by atoms with E-state index in [9.17, 15) is 0 Å². The molecule has 1 fully saturated rings. The fraction of sp³-hybridized carbons (Fsp3) is 0.364. The molecule has 1 aliphatic rings. The molecule has 5 aromatic rings. The standard InChI is InChI=1S/C22H24N10O/c1-12(2)31-9-7-16(27-31)15-11-32-17(13(15)3)18(24-19(28-32)20-23-8-10-30(20)4)25-22-26-21(33-29-22)14-5-6-14/h7-12,14H,5-6H2,1-4H3,(H,24,25,28,29). The summed E-state index contributed by atoms with van der Waals surface area (Å²) in [5.74, 6) is 3.15. The first-order chi connectivity index (χ1) is 16.0. The Labute approximate surface area is 189 Å². The molecule has 0 spiro atoms. The fourth-order valence-electron chi connectivity index (χ4n) is 3.91. The van der Waals surface area contributed by atoms with Crippen molar-refractivity contribution in [3.8, 4) is 22.9 Å². The molecule has 1 saturated carbocycles. The summed E-state index contributed by atoms with van der Waals surface area (Å²) in [4.78, 5) is 13.7. The van der Waals surface area contributed by atoms with Crippen molar-refractivity contribution in [1.29, 1.82) is 0 Å².